The highest BCUT2D eigenvalue weighted by molar-refractivity contribution is 7.80. The maximum absolute atomic E-state index is 12.6. The zero-order valence-electron chi connectivity index (χ0n) is 35.2. The number of nitrogens with one attached hydrogen (secondary N) is 2. The van der Waals surface area contributed by atoms with Gasteiger partial charge in [0.2, 0.25) is 0 Å². The molecule has 0 spiro atoms. The molecule has 0 aromatic rings. The van der Waals surface area contributed by atoms with Crippen LogP contribution in [0.15, 0.2) is 0 Å². The molecule has 308 valence electrons. The van der Waals surface area contributed by atoms with Gasteiger partial charge >= 0.3 is 11.9 Å². The van der Waals surface area contributed by atoms with Crippen molar-refractivity contribution in [1.82, 2.24) is 15.5 Å². The molecule has 0 aromatic heterocycles. The van der Waals surface area contributed by atoms with Crippen LogP contribution in [0.1, 0.15) is 220 Å². The van der Waals surface area contributed by atoms with Crippen LogP contribution in [-0.2, 0) is 19.1 Å². The summed E-state index contributed by atoms with van der Waals surface area (Å²) in [6.07, 6.45) is 33.6. The van der Waals surface area contributed by atoms with Crippen LogP contribution < -0.4 is 10.6 Å². The van der Waals surface area contributed by atoms with Gasteiger partial charge in [-0.15, -0.1) is 0 Å². The zero-order valence-corrected chi connectivity index (χ0v) is 36.0. The standard InChI is InChI=1S/C44H87N3O4S/c1-6-10-13-17-24-32-40(30-9-4)50-42(48)34-25-18-15-20-27-37-47(39-29-36-46-44(52)45-5)38-28-21-16-19-26-35-43(49)51-41(31-22-12-8-3)33-23-14-11-7-2/h40-41H,6-39H2,1-5H3,(H2,45,46,52). The van der Waals surface area contributed by atoms with Crippen molar-refractivity contribution in [2.75, 3.05) is 33.2 Å². The normalized spacial score (nSPS) is 12.5. The van der Waals surface area contributed by atoms with E-state index in [4.69, 9.17) is 21.7 Å². The number of esters is 2. The average molecular weight is 754 g/mol. The van der Waals surface area contributed by atoms with E-state index in [1.165, 1.54) is 109 Å². The first-order valence-corrected chi connectivity index (χ1v) is 22.9. The van der Waals surface area contributed by atoms with Crippen LogP contribution in [0.4, 0.5) is 0 Å². The van der Waals surface area contributed by atoms with Crippen LogP contribution in [-0.4, -0.2) is 67.4 Å². The van der Waals surface area contributed by atoms with Crippen molar-refractivity contribution >= 4 is 29.3 Å². The Balaban J connectivity index is 4.34. The van der Waals surface area contributed by atoms with Crippen molar-refractivity contribution in [2.45, 2.75) is 233 Å². The highest BCUT2D eigenvalue weighted by Crippen LogP contribution is 2.18. The Labute approximate surface area is 328 Å². The number of unbranched alkanes of at least 4 members (excludes halogenated alkanes) is 17. The van der Waals surface area contributed by atoms with E-state index in [1.54, 1.807) is 0 Å². The van der Waals surface area contributed by atoms with Gasteiger partial charge in [-0.1, -0.05) is 130 Å². The van der Waals surface area contributed by atoms with E-state index >= 15 is 0 Å². The molecular formula is C44H87N3O4S. The minimum absolute atomic E-state index is 0.00379. The molecular weight excluding hydrogens is 667 g/mol. The second-order valence-corrected chi connectivity index (χ2v) is 15.7. The number of nitrogens with zero attached hydrogens (tertiary/aromatic N) is 1. The van der Waals surface area contributed by atoms with Crippen molar-refractivity contribution in [1.29, 1.82) is 0 Å². The van der Waals surface area contributed by atoms with E-state index in [-0.39, 0.29) is 24.1 Å². The van der Waals surface area contributed by atoms with Crippen LogP contribution in [0.25, 0.3) is 0 Å². The van der Waals surface area contributed by atoms with Crippen molar-refractivity contribution < 1.29 is 19.1 Å². The van der Waals surface area contributed by atoms with Crippen LogP contribution in [0.2, 0.25) is 0 Å². The largest absolute Gasteiger partial charge is 0.462 e. The molecule has 2 unspecified atom stereocenters. The van der Waals surface area contributed by atoms with E-state index < -0.39 is 0 Å². The molecule has 0 radical (unpaired) electrons. The number of rotatable bonds is 39. The van der Waals surface area contributed by atoms with Gasteiger partial charge in [0.15, 0.2) is 5.11 Å². The van der Waals surface area contributed by atoms with Crippen LogP contribution in [0.3, 0.4) is 0 Å². The molecule has 2 N–H and O–H groups in total. The van der Waals surface area contributed by atoms with Crippen molar-refractivity contribution in [2.24, 2.45) is 0 Å². The SMILES string of the molecule is CCCCCCCC(CCC)OC(=O)CCCCCCCN(CCCCCCCC(=O)OC(CCCCC)CCCCCC)CCCNC(=S)NC. The molecule has 0 rings (SSSR count). The number of ether oxygens (including phenoxy) is 2. The van der Waals surface area contributed by atoms with Crippen LogP contribution in [0, 0.1) is 0 Å². The molecule has 0 heterocycles. The fourth-order valence-electron chi connectivity index (χ4n) is 6.93. The van der Waals surface area contributed by atoms with Gasteiger partial charge in [0.25, 0.3) is 0 Å². The maximum atomic E-state index is 12.6. The summed E-state index contributed by atoms with van der Waals surface area (Å²) in [5.74, 6) is 0.0164. The smallest absolute Gasteiger partial charge is 0.306 e. The lowest BCUT2D eigenvalue weighted by Gasteiger charge is -2.22. The molecule has 0 amide bonds. The molecule has 8 heteroatoms. The molecule has 0 saturated heterocycles. The molecule has 0 fully saturated rings. The third kappa shape index (κ3) is 34.4. The number of carbonyl (C=O) groups is 2. The Kier molecular flexibility index (Phi) is 38.2. The fraction of sp³-hybridized carbons (Fsp3) is 0.932. The summed E-state index contributed by atoms with van der Waals surface area (Å²) in [7, 11) is 1.86. The van der Waals surface area contributed by atoms with Crippen LogP contribution >= 0.6 is 12.2 Å². The first kappa shape index (κ1) is 50.6. The van der Waals surface area contributed by atoms with Gasteiger partial charge in [-0.25, -0.2) is 0 Å². The molecule has 0 saturated carbocycles. The predicted octanol–water partition coefficient (Wildman–Crippen LogP) is 12.0. The lowest BCUT2D eigenvalue weighted by atomic mass is 10.0. The van der Waals surface area contributed by atoms with Crippen molar-refractivity contribution in [3.05, 3.63) is 0 Å². The summed E-state index contributed by atoms with van der Waals surface area (Å²) in [5, 5.41) is 6.98. The summed E-state index contributed by atoms with van der Waals surface area (Å²) >= 11 is 5.24. The van der Waals surface area contributed by atoms with E-state index in [9.17, 15) is 9.59 Å². The van der Waals surface area contributed by atoms with Crippen molar-refractivity contribution in [3.63, 3.8) is 0 Å². The summed E-state index contributed by atoms with van der Waals surface area (Å²) in [6, 6.07) is 0. The lowest BCUT2D eigenvalue weighted by molar-refractivity contribution is -0.151. The van der Waals surface area contributed by atoms with Gasteiger partial charge in [0, 0.05) is 26.4 Å². The number of hydrogen-bond acceptors (Lipinski definition) is 6. The highest BCUT2D eigenvalue weighted by atomic mass is 32.1. The third-order valence-electron chi connectivity index (χ3n) is 10.2. The maximum Gasteiger partial charge on any atom is 0.306 e. The zero-order chi connectivity index (χ0) is 38.3. The number of hydrogen-bond donors (Lipinski definition) is 2. The van der Waals surface area contributed by atoms with Gasteiger partial charge in [-0.2, -0.15) is 0 Å². The van der Waals surface area contributed by atoms with Crippen molar-refractivity contribution in [3.8, 4) is 0 Å². The minimum atomic E-state index is 0.00379. The quantitative estimate of drug-likeness (QED) is 0.0365. The Morgan fingerprint density at radius 3 is 1.38 bits per heavy atom. The second kappa shape index (κ2) is 39.3. The monoisotopic (exact) mass is 754 g/mol. The van der Waals surface area contributed by atoms with Gasteiger partial charge in [-0.3, -0.25) is 9.59 Å². The summed E-state index contributed by atoms with van der Waals surface area (Å²) < 4.78 is 11.8. The fourth-order valence-corrected chi connectivity index (χ4v) is 7.03. The average Bonchev–Trinajstić information content (AvgIpc) is 3.13. The van der Waals surface area contributed by atoms with Gasteiger partial charge in [0.05, 0.1) is 0 Å². The Bertz CT molecular complexity index is 814. The Morgan fingerprint density at radius 1 is 0.500 bits per heavy atom. The third-order valence-corrected chi connectivity index (χ3v) is 10.6. The van der Waals surface area contributed by atoms with E-state index in [0.29, 0.717) is 18.0 Å². The molecule has 2 atom stereocenters. The summed E-state index contributed by atoms with van der Waals surface area (Å²) in [4.78, 5) is 27.7. The van der Waals surface area contributed by atoms with Crippen LogP contribution in [0.5, 0.6) is 0 Å². The Hall–Kier alpha value is -1.41. The predicted molar refractivity (Wildman–Crippen MR) is 227 cm³/mol. The first-order chi connectivity index (χ1) is 25.4. The molecule has 0 aliphatic rings. The highest BCUT2D eigenvalue weighted by Gasteiger charge is 2.15. The van der Waals surface area contributed by atoms with Gasteiger partial charge < -0.3 is 25.0 Å². The second-order valence-electron chi connectivity index (χ2n) is 15.3. The molecule has 0 bridgehead atoms. The number of carbonyl (C=O) groups excluding carboxylic acids is 2. The topological polar surface area (TPSA) is 79.9 Å². The molecule has 0 aliphatic carbocycles. The van der Waals surface area contributed by atoms with E-state index in [0.717, 1.165) is 96.8 Å². The first-order valence-electron chi connectivity index (χ1n) is 22.5. The summed E-state index contributed by atoms with van der Waals surface area (Å²) in [6.45, 7) is 13.1. The molecule has 7 nitrogen and oxygen atoms in total. The molecule has 0 aliphatic heterocycles. The summed E-state index contributed by atoms with van der Waals surface area (Å²) in [5.41, 5.74) is 0. The molecule has 52 heavy (non-hydrogen) atoms. The van der Waals surface area contributed by atoms with E-state index in [2.05, 4.69) is 43.2 Å². The molecule has 0 aromatic carbocycles. The Morgan fingerprint density at radius 2 is 0.885 bits per heavy atom. The minimum Gasteiger partial charge on any atom is -0.462 e. The van der Waals surface area contributed by atoms with Gasteiger partial charge in [0.1, 0.15) is 12.2 Å². The van der Waals surface area contributed by atoms with E-state index in [1.807, 2.05) is 7.05 Å². The lowest BCUT2D eigenvalue weighted by Crippen LogP contribution is -2.35. The number of thiocarbonyl (C=S) groups is 1. The van der Waals surface area contributed by atoms with Gasteiger partial charge in [-0.05, 0) is 109 Å².